The second-order valence-corrected chi connectivity index (χ2v) is 6.17. The number of aromatic nitrogens is 2. The van der Waals surface area contributed by atoms with Crippen LogP contribution in [0.2, 0.25) is 5.02 Å². The van der Waals surface area contributed by atoms with Gasteiger partial charge in [-0.3, -0.25) is 9.48 Å². The van der Waals surface area contributed by atoms with Gasteiger partial charge in [0, 0.05) is 17.6 Å². The third kappa shape index (κ3) is 4.45. The summed E-state index contributed by atoms with van der Waals surface area (Å²) < 4.78 is 6.86. The van der Waals surface area contributed by atoms with Crippen molar-refractivity contribution in [3.63, 3.8) is 0 Å². The number of halogens is 1. The molecule has 0 saturated carbocycles. The van der Waals surface area contributed by atoms with E-state index in [1.165, 1.54) is 17.9 Å². The van der Waals surface area contributed by atoms with Crippen LogP contribution in [0.25, 0.3) is 0 Å². The van der Waals surface area contributed by atoms with E-state index in [9.17, 15) is 14.7 Å². The summed E-state index contributed by atoms with van der Waals surface area (Å²) in [5.41, 5.74) is 1.22. The molecular weight excluding hydrogens is 370 g/mol. The highest BCUT2D eigenvalue weighted by Crippen LogP contribution is 2.18. The van der Waals surface area contributed by atoms with E-state index in [0.717, 1.165) is 5.56 Å². The van der Waals surface area contributed by atoms with Crippen LogP contribution in [0, 0.1) is 0 Å². The number of carbonyl (C=O) groups is 2. The number of aromatic carboxylic acids is 1. The summed E-state index contributed by atoms with van der Waals surface area (Å²) in [5, 5.41) is 16.3. The average molecular weight is 386 g/mol. The van der Waals surface area contributed by atoms with Crippen molar-refractivity contribution in [1.29, 1.82) is 0 Å². The van der Waals surface area contributed by atoms with E-state index in [4.69, 9.17) is 16.3 Å². The number of carbonyl (C=O) groups excluding carboxylic acids is 1. The van der Waals surface area contributed by atoms with Crippen molar-refractivity contribution >= 4 is 29.2 Å². The fraction of sp³-hybridized carbons (Fsp3) is 0.105. The van der Waals surface area contributed by atoms with E-state index in [1.807, 2.05) is 6.07 Å². The Labute approximate surface area is 160 Å². The number of nitrogens with one attached hydrogen (secondary N) is 1. The number of amides is 1. The van der Waals surface area contributed by atoms with Gasteiger partial charge in [0.1, 0.15) is 12.4 Å². The monoisotopic (exact) mass is 385 g/mol. The molecule has 0 spiro atoms. The number of carboxylic acid groups (broad SMARTS) is 1. The quantitative estimate of drug-likeness (QED) is 0.676. The second kappa shape index (κ2) is 7.92. The Kier molecular flexibility index (Phi) is 5.42. The maximum Gasteiger partial charge on any atom is 0.356 e. The van der Waals surface area contributed by atoms with Crippen molar-refractivity contribution in [3.8, 4) is 5.75 Å². The number of anilines is 1. The van der Waals surface area contributed by atoms with E-state index in [2.05, 4.69) is 10.4 Å². The minimum atomic E-state index is -1.17. The van der Waals surface area contributed by atoms with Crippen molar-refractivity contribution in [1.82, 2.24) is 9.78 Å². The molecule has 1 aromatic heterocycles. The number of carboxylic acids is 1. The Morgan fingerprint density at radius 3 is 2.67 bits per heavy atom. The van der Waals surface area contributed by atoms with Gasteiger partial charge in [-0.1, -0.05) is 23.7 Å². The van der Waals surface area contributed by atoms with Gasteiger partial charge in [-0.2, -0.15) is 5.10 Å². The lowest BCUT2D eigenvalue weighted by Crippen LogP contribution is -2.15. The minimum Gasteiger partial charge on any atom is -0.489 e. The SMILES string of the molecule is Cn1ncc(NC(=O)c2cccc(COc3ccc(Cl)cc3)c2)c1C(=O)O. The van der Waals surface area contributed by atoms with E-state index in [0.29, 0.717) is 16.3 Å². The first-order valence-electron chi connectivity index (χ1n) is 7.98. The van der Waals surface area contributed by atoms with Crippen molar-refractivity contribution in [2.75, 3.05) is 5.32 Å². The molecule has 0 atom stereocenters. The lowest BCUT2D eigenvalue weighted by molar-refractivity contribution is 0.0686. The highest BCUT2D eigenvalue weighted by Gasteiger charge is 2.18. The maximum absolute atomic E-state index is 12.5. The number of hydrogen-bond acceptors (Lipinski definition) is 4. The van der Waals surface area contributed by atoms with E-state index >= 15 is 0 Å². The summed E-state index contributed by atoms with van der Waals surface area (Å²) in [6, 6.07) is 13.9. The zero-order valence-corrected chi connectivity index (χ0v) is 15.1. The summed E-state index contributed by atoms with van der Waals surface area (Å²) in [4.78, 5) is 23.7. The number of rotatable bonds is 6. The van der Waals surface area contributed by atoms with Crippen LogP contribution in [0.3, 0.4) is 0 Å². The molecule has 0 saturated heterocycles. The molecule has 0 fully saturated rings. The van der Waals surface area contributed by atoms with Gasteiger partial charge in [-0.25, -0.2) is 4.79 Å². The predicted octanol–water partition coefficient (Wildman–Crippen LogP) is 3.60. The molecule has 2 N–H and O–H groups in total. The second-order valence-electron chi connectivity index (χ2n) is 5.73. The highest BCUT2D eigenvalue weighted by molar-refractivity contribution is 6.30. The van der Waals surface area contributed by atoms with Crippen LogP contribution in [0.1, 0.15) is 26.4 Å². The molecule has 0 aliphatic rings. The molecule has 0 aliphatic heterocycles. The first kappa shape index (κ1) is 18.5. The van der Waals surface area contributed by atoms with Crippen molar-refractivity contribution in [2.24, 2.45) is 7.05 Å². The topological polar surface area (TPSA) is 93.5 Å². The van der Waals surface area contributed by atoms with Crippen LogP contribution >= 0.6 is 11.6 Å². The summed E-state index contributed by atoms with van der Waals surface area (Å²) in [5.74, 6) is -0.940. The summed E-state index contributed by atoms with van der Waals surface area (Å²) >= 11 is 5.84. The smallest absolute Gasteiger partial charge is 0.356 e. The average Bonchev–Trinajstić information content (AvgIpc) is 3.02. The van der Waals surface area contributed by atoms with Crippen molar-refractivity contribution in [3.05, 3.63) is 76.6 Å². The highest BCUT2D eigenvalue weighted by atomic mass is 35.5. The molecule has 0 unspecified atom stereocenters. The lowest BCUT2D eigenvalue weighted by Gasteiger charge is -2.09. The molecule has 27 heavy (non-hydrogen) atoms. The van der Waals surface area contributed by atoms with Crippen LogP contribution in [0.4, 0.5) is 5.69 Å². The largest absolute Gasteiger partial charge is 0.489 e. The van der Waals surface area contributed by atoms with Gasteiger partial charge in [0.05, 0.1) is 11.9 Å². The third-order valence-electron chi connectivity index (χ3n) is 3.80. The molecular formula is C19H16ClN3O4. The Morgan fingerprint density at radius 2 is 1.96 bits per heavy atom. The third-order valence-corrected chi connectivity index (χ3v) is 4.05. The van der Waals surface area contributed by atoms with Crippen LogP contribution in [0.15, 0.2) is 54.7 Å². The summed E-state index contributed by atoms with van der Waals surface area (Å²) in [6.45, 7) is 0.274. The number of hydrogen-bond donors (Lipinski definition) is 2. The van der Waals surface area contributed by atoms with Crippen molar-refractivity contribution < 1.29 is 19.4 Å². The fourth-order valence-electron chi connectivity index (χ4n) is 2.48. The maximum atomic E-state index is 12.5. The first-order valence-corrected chi connectivity index (χ1v) is 8.36. The molecule has 0 bridgehead atoms. The Balaban J connectivity index is 1.70. The predicted molar refractivity (Wildman–Crippen MR) is 100 cm³/mol. The summed E-state index contributed by atoms with van der Waals surface area (Å²) in [7, 11) is 1.49. The Hall–Kier alpha value is -3.32. The standard InChI is InChI=1S/C19H16ClN3O4/c1-23-17(19(25)26)16(10-21-23)22-18(24)13-4-2-3-12(9-13)11-27-15-7-5-14(20)6-8-15/h2-10H,11H2,1H3,(H,22,24)(H,25,26). The molecule has 1 amide bonds. The van der Waals surface area contributed by atoms with Gasteiger partial charge in [-0.15, -0.1) is 0 Å². The molecule has 3 rings (SSSR count). The van der Waals surface area contributed by atoms with Gasteiger partial charge >= 0.3 is 5.97 Å². The lowest BCUT2D eigenvalue weighted by atomic mass is 10.1. The van der Waals surface area contributed by atoms with Crippen LogP contribution < -0.4 is 10.1 Å². The first-order chi connectivity index (χ1) is 12.9. The zero-order valence-electron chi connectivity index (χ0n) is 14.3. The van der Waals surface area contributed by atoms with Crippen LogP contribution in [-0.2, 0) is 13.7 Å². The van der Waals surface area contributed by atoms with Gasteiger partial charge in [0.15, 0.2) is 5.69 Å². The molecule has 138 valence electrons. The Morgan fingerprint density at radius 1 is 1.22 bits per heavy atom. The summed E-state index contributed by atoms with van der Waals surface area (Å²) in [6.07, 6.45) is 1.30. The fourth-order valence-corrected chi connectivity index (χ4v) is 2.60. The molecule has 3 aromatic rings. The van der Waals surface area contributed by atoms with Gasteiger partial charge < -0.3 is 15.2 Å². The van der Waals surface area contributed by atoms with Crippen LogP contribution in [-0.4, -0.2) is 26.8 Å². The number of benzene rings is 2. The molecule has 7 nitrogen and oxygen atoms in total. The molecule has 0 aliphatic carbocycles. The van der Waals surface area contributed by atoms with Gasteiger partial charge in [0.2, 0.25) is 0 Å². The van der Waals surface area contributed by atoms with Crippen LogP contribution in [0.5, 0.6) is 5.75 Å². The molecule has 0 radical (unpaired) electrons. The number of nitrogens with zero attached hydrogens (tertiary/aromatic N) is 2. The van der Waals surface area contributed by atoms with Gasteiger partial charge in [0.25, 0.3) is 5.91 Å². The zero-order chi connectivity index (χ0) is 19.4. The van der Waals surface area contributed by atoms with E-state index in [1.54, 1.807) is 42.5 Å². The minimum absolute atomic E-state index is 0.0921. The molecule has 2 aromatic carbocycles. The number of aryl methyl sites for hydroxylation is 1. The van der Waals surface area contributed by atoms with E-state index in [-0.39, 0.29) is 18.0 Å². The number of ether oxygens (including phenoxy) is 1. The van der Waals surface area contributed by atoms with E-state index < -0.39 is 11.9 Å². The van der Waals surface area contributed by atoms with Gasteiger partial charge in [-0.05, 0) is 42.0 Å². The Bertz CT molecular complexity index is 983. The normalized spacial score (nSPS) is 10.4. The molecule has 8 heteroatoms. The van der Waals surface area contributed by atoms with Crippen molar-refractivity contribution in [2.45, 2.75) is 6.61 Å². The molecule has 1 heterocycles.